The topological polar surface area (TPSA) is 59.8 Å². The van der Waals surface area contributed by atoms with Crippen LogP contribution in [-0.4, -0.2) is 20.5 Å². The van der Waals surface area contributed by atoms with Crippen molar-refractivity contribution in [3.63, 3.8) is 0 Å². The predicted octanol–water partition coefficient (Wildman–Crippen LogP) is 3.45. The summed E-state index contributed by atoms with van der Waals surface area (Å²) in [6, 6.07) is 8.18. The van der Waals surface area contributed by atoms with Crippen molar-refractivity contribution < 1.29 is 4.79 Å². The van der Waals surface area contributed by atoms with Crippen molar-refractivity contribution >= 4 is 11.7 Å². The van der Waals surface area contributed by atoms with Crippen molar-refractivity contribution in [1.82, 2.24) is 14.8 Å². The van der Waals surface area contributed by atoms with Gasteiger partial charge in [0.05, 0.1) is 0 Å². The lowest BCUT2D eigenvalue weighted by Crippen LogP contribution is -2.27. The molecule has 120 valence electrons. The number of rotatable bonds is 2. The zero-order chi connectivity index (χ0) is 16.8. The van der Waals surface area contributed by atoms with Crippen LogP contribution in [0.4, 0.5) is 5.95 Å². The number of hydrogen-bond acceptors (Lipinski definition) is 4. The van der Waals surface area contributed by atoms with Gasteiger partial charge in [0.2, 0.25) is 5.95 Å². The Labute approximate surface area is 136 Å². The zero-order valence-electron chi connectivity index (χ0n) is 14.2. The lowest BCUT2D eigenvalue weighted by Gasteiger charge is -2.28. The minimum atomic E-state index is -0.236. The summed E-state index contributed by atoms with van der Waals surface area (Å²) in [6.07, 6.45) is 1.51. The first-order valence-corrected chi connectivity index (χ1v) is 7.77. The minimum Gasteiger partial charge on any atom is -0.328 e. The summed E-state index contributed by atoms with van der Waals surface area (Å²) < 4.78 is 1.77. The van der Waals surface area contributed by atoms with Gasteiger partial charge >= 0.3 is 0 Å². The molecule has 0 saturated heterocycles. The maximum absolute atomic E-state index is 12.2. The van der Waals surface area contributed by atoms with E-state index in [1.165, 1.54) is 11.9 Å². The van der Waals surface area contributed by atoms with Crippen molar-refractivity contribution in [2.75, 3.05) is 5.32 Å². The molecule has 0 unspecified atom stereocenters. The van der Waals surface area contributed by atoms with E-state index in [0.717, 1.165) is 16.8 Å². The van der Waals surface area contributed by atoms with E-state index in [9.17, 15) is 4.79 Å². The average Bonchev–Trinajstić information content (AvgIpc) is 2.92. The maximum Gasteiger partial charge on any atom is 0.226 e. The second kappa shape index (κ2) is 5.33. The van der Waals surface area contributed by atoms with Gasteiger partial charge in [-0.1, -0.05) is 45.0 Å². The van der Waals surface area contributed by atoms with Gasteiger partial charge in [-0.25, -0.2) is 4.68 Å². The highest BCUT2D eigenvalue weighted by Crippen LogP contribution is 2.35. The fourth-order valence-corrected chi connectivity index (χ4v) is 3.02. The maximum atomic E-state index is 12.2. The van der Waals surface area contributed by atoms with E-state index in [0.29, 0.717) is 5.95 Å². The summed E-state index contributed by atoms with van der Waals surface area (Å²) >= 11 is 0. The molecule has 0 bridgehead atoms. The van der Waals surface area contributed by atoms with E-state index < -0.39 is 0 Å². The van der Waals surface area contributed by atoms with Crippen LogP contribution in [0.1, 0.15) is 51.8 Å². The zero-order valence-corrected chi connectivity index (χ0v) is 14.2. The van der Waals surface area contributed by atoms with Gasteiger partial charge in [-0.15, -0.1) is 0 Å². The number of carbonyl (C=O) groups is 1. The summed E-state index contributed by atoms with van der Waals surface area (Å²) in [5.41, 5.74) is 3.96. The van der Waals surface area contributed by atoms with E-state index >= 15 is 0 Å². The molecule has 5 nitrogen and oxygen atoms in total. The quantitative estimate of drug-likeness (QED) is 0.923. The van der Waals surface area contributed by atoms with E-state index in [-0.39, 0.29) is 17.2 Å². The highest BCUT2D eigenvalue weighted by molar-refractivity contribution is 5.96. The molecule has 1 aliphatic rings. The van der Waals surface area contributed by atoms with Crippen LogP contribution in [0.2, 0.25) is 0 Å². The molecule has 5 heteroatoms. The minimum absolute atomic E-state index is 0.0426. The summed E-state index contributed by atoms with van der Waals surface area (Å²) in [6.45, 7) is 10.1. The molecule has 1 aliphatic heterocycles. The number of nitrogens with one attached hydrogen (secondary N) is 1. The highest BCUT2D eigenvalue weighted by Gasteiger charge is 2.31. The molecule has 1 aromatic carbocycles. The highest BCUT2D eigenvalue weighted by atomic mass is 16.1. The third kappa shape index (κ3) is 2.67. The first kappa shape index (κ1) is 15.5. The predicted molar refractivity (Wildman–Crippen MR) is 90.3 cm³/mol. The first-order valence-electron chi connectivity index (χ1n) is 7.77. The monoisotopic (exact) mass is 310 g/mol. The fourth-order valence-electron chi connectivity index (χ4n) is 3.02. The van der Waals surface area contributed by atoms with Crippen molar-refractivity contribution in [2.24, 2.45) is 0 Å². The normalized spacial score (nSPS) is 17.7. The molecule has 1 atom stereocenters. The standard InChI is InChI=1S/C18H22N4O/c1-11-15(12(2)23)16(22-17(21-11)19-10-20-22)13-6-8-14(9-7-13)18(3,4)5/h6-10,16H,1-5H3,(H,19,20,21)/t16-/m0/s1. The summed E-state index contributed by atoms with van der Waals surface area (Å²) in [4.78, 5) is 16.4. The lowest BCUT2D eigenvalue weighted by atomic mass is 9.85. The third-order valence-corrected chi connectivity index (χ3v) is 4.27. The third-order valence-electron chi connectivity index (χ3n) is 4.27. The number of aromatic nitrogens is 3. The van der Waals surface area contributed by atoms with Crippen molar-refractivity contribution in [3.05, 3.63) is 53.0 Å². The van der Waals surface area contributed by atoms with Gasteiger partial charge in [0, 0.05) is 11.3 Å². The molecule has 0 radical (unpaired) electrons. The van der Waals surface area contributed by atoms with Crippen LogP contribution >= 0.6 is 0 Å². The summed E-state index contributed by atoms with van der Waals surface area (Å²) in [5, 5.41) is 7.46. The second-order valence-electron chi connectivity index (χ2n) is 7.02. The molecule has 0 aliphatic carbocycles. The van der Waals surface area contributed by atoms with E-state index in [1.54, 1.807) is 11.6 Å². The SMILES string of the molecule is CC(=O)C1=C(C)Nc2ncnn2[C@H]1c1ccc(C(C)(C)C)cc1. The van der Waals surface area contributed by atoms with Crippen LogP contribution in [0.25, 0.3) is 0 Å². The van der Waals surface area contributed by atoms with Crippen molar-refractivity contribution in [3.8, 4) is 0 Å². The molecule has 2 heterocycles. The number of carbonyl (C=O) groups excluding carboxylic acids is 1. The Morgan fingerprint density at radius 3 is 2.43 bits per heavy atom. The Morgan fingerprint density at radius 2 is 1.87 bits per heavy atom. The molecule has 0 fully saturated rings. The van der Waals surface area contributed by atoms with Crippen LogP contribution in [0.15, 0.2) is 41.9 Å². The van der Waals surface area contributed by atoms with Gasteiger partial charge in [-0.3, -0.25) is 4.79 Å². The van der Waals surface area contributed by atoms with Gasteiger partial charge in [-0.2, -0.15) is 10.1 Å². The Kier molecular flexibility index (Phi) is 3.59. The summed E-state index contributed by atoms with van der Waals surface area (Å²) in [7, 11) is 0. The van der Waals surface area contributed by atoms with Gasteiger partial charge in [0.25, 0.3) is 0 Å². The van der Waals surface area contributed by atoms with Crippen LogP contribution in [0, 0.1) is 0 Å². The number of Topliss-reactive ketones (excluding diaryl/α,β-unsaturated/α-hetero) is 1. The van der Waals surface area contributed by atoms with E-state index in [1.807, 2.05) is 6.92 Å². The van der Waals surface area contributed by atoms with Crippen molar-refractivity contribution in [1.29, 1.82) is 0 Å². The van der Waals surface area contributed by atoms with Gasteiger partial charge in [-0.05, 0) is 30.4 Å². The molecule has 0 amide bonds. The number of anilines is 1. The first-order chi connectivity index (χ1) is 10.8. The van der Waals surface area contributed by atoms with Gasteiger partial charge in [0.1, 0.15) is 12.4 Å². The lowest BCUT2D eigenvalue weighted by molar-refractivity contribution is -0.114. The Hall–Kier alpha value is -2.43. The molecule has 1 aromatic heterocycles. The fraction of sp³-hybridized carbons (Fsp3) is 0.389. The smallest absolute Gasteiger partial charge is 0.226 e. The molecule has 0 saturated carbocycles. The number of allylic oxidation sites excluding steroid dienone is 2. The Morgan fingerprint density at radius 1 is 1.22 bits per heavy atom. The number of benzene rings is 1. The van der Waals surface area contributed by atoms with Crippen LogP contribution in [0.3, 0.4) is 0 Å². The number of ketones is 1. The molecular formula is C18H22N4O. The van der Waals surface area contributed by atoms with Crippen LogP contribution < -0.4 is 5.32 Å². The number of nitrogens with zero attached hydrogens (tertiary/aromatic N) is 3. The van der Waals surface area contributed by atoms with Gasteiger partial charge in [0.15, 0.2) is 5.78 Å². The molecule has 0 spiro atoms. The number of fused-ring (bicyclic) bond motifs is 1. The van der Waals surface area contributed by atoms with Crippen LogP contribution in [-0.2, 0) is 10.2 Å². The molecule has 2 aromatic rings. The Bertz CT molecular complexity index is 778. The summed E-state index contributed by atoms with van der Waals surface area (Å²) in [5.74, 6) is 0.707. The molecule has 23 heavy (non-hydrogen) atoms. The molecular weight excluding hydrogens is 288 g/mol. The van der Waals surface area contributed by atoms with E-state index in [4.69, 9.17) is 0 Å². The van der Waals surface area contributed by atoms with Gasteiger partial charge < -0.3 is 5.32 Å². The molecule has 3 rings (SSSR count). The molecule has 1 N–H and O–H groups in total. The van der Waals surface area contributed by atoms with Crippen LogP contribution in [0.5, 0.6) is 0 Å². The van der Waals surface area contributed by atoms with Crippen molar-refractivity contribution in [2.45, 2.75) is 46.1 Å². The number of hydrogen-bond donors (Lipinski definition) is 1. The largest absolute Gasteiger partial charge is 0.328 e. The Balaban J connectivity index is 2.11. The average molecular weight is 310 g/mol. The second-order valence-corrected chi connectivity index (χ2v) is 7.02. The van der Waals surface area contributed by atoms with E-state index in [2.05, 4.69) is 60.4 Å².